The number of aromatic nitrogens is 3. The van der Waals surface area contributed by atoms with Crippen molar-refractivity contribution in [3.05, 3.63) is 42.0 Å². The number of benzene rings is 1. The molecule has 0 aliphatic carbocycles. The number of para-hydroxylation sites is 1. The fraction of sp³-hybridized carbons (Fsp3) is 0.550. The second-order valence-electron chi connectivity index (χ2n) is 7.15. The van der Waals surface area contributed by atoms with E-state index in [1.54, 1.807) is 6.33 Å². The number of ether oxygens (including phenoxy) is 1. The van der Waals surface area contributed by atoms with Crippen LogP contribution in [0.5, 0.6) is 5.75 Å². The number of guanidine groups is 1. The number of likely N-dealkylation sites (tertiary alicyclic amines) is 1. The van der Waals surface area contributed by atoms with E-state index in [1.807, 2.05) is 19.2 Å². The van der Waals surface area contributed by atoms with Crippen LogP contribution >= 0.6 is 24.0 Å². The Bertz CT molecular complexity index is 726. The zero-order valence-corrected chi connectivity index (χ0v) is 19.2. The van der Waals surface area contributed by atoms with Gasteiger partial charge in [0.1, 0.15) is 24.5 Å². The minimum Gasteiger partial charge on any atom is -0.491 e. The Labute approximate surface area is 184 Å². The van der Waals surface area contributed by atoms with Crippen molar-refractivity contribution in [2.45, 2.75) is 38.5 Å². The molecule has 0 amide bonds. The Hall–Kier alpha value is -1.84. The molecule has 7 nitrogen and oxygen atoms in total. The molecule has 3 rings (SSSR count). The summed E-state index contributed by atoms with van der Waals surface area (Å²) in [5.41, 5.74) is 1.25. The predicted octanol–water partition coefficient (Wildman–Crippen LogP) is 3.38. The monoisotopic (exact) mass is 498 g/mol. The zero-order chi connectivity index (χ0) is 19.1. The highest BCUT2D eigenvalue weighted by molar-refractivity contribution is 14.0. The van der Waals surface area contributed by atoms with E-state index in [-0.39, 0.29) is 24.0 Å². The molecule has 1 aliphatic rings. The van der Waals surface area contributed by atoms with Crippen molar-refractivity contribution in [3.8, 4) is 5.75 Å². The molecule has 2 aromatic rings. The van der Waals surface area contributed by atoms with Crippen molar-refractivity contribution in [3.63, 3.8) is 0 Å². The molecule has 0 radical (unpaired) electrons. The maximum absolute atomic E-state index is 5.99. The van der Waals surface area contributed by atoms with Crippen molar-refractivity contribution < 1.29 is 4.74 Å². The van der Waals surface area contributed by atoms with Gasteiger partial charge in [-0.15, -0.1) is 24.0 Å². The number of aliphatic imine (C=N–C) groups is 1. The van der Waals surface area contributed by atoms with Crippen LogP contribution < -0.4 is 10.1 Å². The van der Waals surface area contributed by atoms with E-state index in [1.165, 1.54) is 5.56 Å². The Kier molecular flexibility index (Phi) is 9.01. The fourth-order valence-electron chi connectivity index (χ4n) is 3.52. The van der Waals surface area contributed by atoms with Crippen molar-refractivity contribution in [2.24, 2.45) is 4.99 Å². The van der Waals surface area contributed by atoms with E-state index in [9.17, 15) is 0 Å². The van der Waals surface area contributed by atoms with Crippen LogP contribution in [0.25, 0.3) is 0 Å². The minimum absolute atomic E-state index is 0. The van der Waals surface area contributed by atoms with Gasteiger partial charge in [-0.3, -0.25) is 10.1 Å². The Morgan fingerprint density at radius 2 is 2.07 bits per heavy atom. The van der Waals surface area contributed by atoms with E-state index in [4.69, 9.17) is 4.74 Å². The van der Waals surface area contributed by atoms with Gasteiger partial charge >= 0.3 is 0 Å². The van der Waals surface area contributed by atoms with Crippen molar-refractivity contribution in [1.29, 1.82) is 0 Å². The van der Waals surface area contributed by atoms with Crippen molar-refractivity contribution in [1.82, 2.24) is 25.4 Å². The summed E-state index contributed by atoms with van der Waals surface area (Å²) < 4.78 is 5.99. The minimum atomic E-state index is 0. The Morgan fingerprint density at radius 3 is 2.71 bits per heavy atom. The molecule has 0 bridgehead atoms. The highest BCUT2D eigenvalue weighted by Gasteiger charge is 2.24. The first-order chi connectivity index (χ1) is 13.2. The molecule has 1 aromatic carbocycles. The molecule has 0 spiro atoms. The molecule has 154 valence electrons. The first-order valence-electron chi connectivity index (χ1n) is 9.71. The molecule has 28 heavy (non-hydrogen) atoms. The largest absolute Gasteiger partial charge is 0.491 e. The van der Waals surface area contributed by atoms with Gasteiger partial charge in [-0.1, -0.05) is 32.0 Å². The third-order valence-electron chi connectivity index (χ3n) is 5.01. The average molecular weight is 498 g/mol. The smallest absolute Gasteiger partial charge is 0.193 e. The highest BCUT2D eigenvalue weighted by Crippen LogP contribution is 2.26. The van der Waals surface area contributed by atoms with E-state index in [0.717, 1.165) is 50.0 Å². The molecular formula is C20H31IN6O. The second kappa shape index (κ2) is 11.2. The van der Waals surface area contributed by atoms with Gasteiger partial charge in [0.05, 0.1) is 6.54 Å². The van der Waals surface area contributed by atoms with Gasteiger partial charge in [-0.05, 0) is 30.4 Å². The number of H-pyrrole nitrogens is 1. The van der Waals surface area contributed by atoms with Crippen LogP contribution in [-0.4, -0.2) is 59.3 Å². The number of rotatable bonds is 6. The average Bonchev–Trinajstić information content (AvgIpc) is 3.23. The van der Waals surface area contributed by atoms with Gasteiger partial charge in [0.15, 0.2) is 5.96 Å². The van der Waals surface area contributed by atoms with Crippen molar-refractivity contribution >= 4 is 29.9 Å². The van der Waals surface area contributed by atoms with E-state index < -0.39 is 0 Å². The summed E-state index contributed by atoms with van der Waals surface area (Å²) >= 11 is 0. The SMILES string of the molecule is CN=C(NCCOc1ccccc1C(C)C)N1CCC(c2ncn[nH]2)CC1.I. The molecule has 8 heteroatoms. The topological polar surface area (TPSA) is 78.4 Å². The molecule has 1 saturated heterocycles. The maximum atomic E-state index is 5.99. The summed E-state index contributed by atoms with van der Waals surface area (Å²) in [4.78, 5) is 11.0. The van der Waals surface area contributed by atoms with Gasteiger partial charge in [0, 0.05) is 26.1 Å². The molecule has 1 aliphatic heterocycles. The molecule has 0 atom stereocenters. The van der Waals surface area contributed by atoms with E-state index in [2.05, 4.69) is 56.4 Å². The molecule has 1 fully saturated rings. The number of aromatic amines is 1. The summed E-state index contributed by atoms with van der Waals surface area (Å²) in [5.74, 6) is 3.81. The third kappa shape index (κ3) is 5.83. The number of nitrogens with one attached hydrogen (secondary N) is 2. The standard InChI is InChI=1S/C20H30N6O.HI/c1-15(2)17-6-4-5-7-18(17)27-13-10-22-20(21-3)26-11-8-16(9-12-26)19-23-14-24-25-19;/h4-7,14-16H,8-13H2,1-3H3,(H,21,22)(H,23,24,25);1H. The highest BCUT2D eigenvalue weighted by atomic mass is 127. The first-order valence-corrected chi connectivity index (χ1v) is 9.71. The van der Waals surface area contributed by atoms with Crippen LogP contribution in [0.3, 0.4) is 0 Å². The molecule has 1 aromatic heterocycles. The lowest BCUT2D eigenvalue weighted by Gasteiger charge is -2.33. The Balaban J connectivity index is 0.00000280. The number of hydrogen-bond donors (Lipinski definition) is 2. The van der Waals surface area contributed by atoms with Gasteiger partial charge in [-0.2, -0.15) is 5.10 Å². The number of nitrogens with zero attached hydrogens (tertiary/aromatic N) is 4. The second-order valence-corrected chi connectivity index (χ2v) is 7.15. The number of piperidine rings is 1. The summed E-state index contributed by atoms with van der Waals surface area (Å²) in [6.45, 7) is 7.62. The fourth-order valence-corrected chi connectivity index (χ4v) is 3.52. The molecule has 0 saturated carbocycles. The number of hydrogen-bond acceptors (Lipinski definition) is 4. The van der Waals surface area contributed by atoms with Gasteiger partial charge in [0.2, 0.25) is 0 Å². The summed E-state index contributed by atoms with van der Waals surface area (Å²) in [6, 6.07) is 8.25. The van der Waals surface area contributed by atoms with E-state index >= 15 is 0 Å². The van der Waals surface area contributed by atoms with Crippen molar-refractivity contribution in [2.75, 3.05) is 33.3 Å². The van der Waals surface area contributed by atoms with Gasteiger partial charge < -0.3 is 15.0 Å². The Morgan fingerprint density at radius 1 is 1.32 bits per heavy atom. The maximum Gasteiger partial charge on any atom is 0.193 e. The summed E-state index contributed by atoms with van der Waals surface area (Å²) in [7, 11) is 1.83. The van der Waals surface area contributed by atoms with Crippen LogP contribution in [0.4, 0.5) is 0 Å². The van der Waals surface area contributed by atoms with Crippen LogP contribution in [0.15, 0.2) is 35.6 Å². The molecule has 2 N–H and O–H groups in total. The quantitative estimate of drug-likeness (QED) is 0.277. The lowest BCUT2D eigenvalue weighted by atomic mass is 9.96. The molecular weight excluding hydrogens is 467 g/mol. The van der Waals surface area contributed by atoms with Crippen LogP contribution in [0, 0.1) is 0 Å². The predicted molar refractivity (Wildman–Crippen MR) is 123 cm³/mol. The lowest BCUT2D eigenvalue weighted by Crippen LogP contribution is -2.46. The van der Waals surface area contributed by atoms with Crippen LogP contribution in [0.1, 0.15) is 49.9 Å². The van der Waals surface area contributed by atoms with Crippen LogP contribution in [-0.2, 0) is 0 Å². The molecule has 0 unspecified atom stereocenters. The molecule has 2 heterocycles. The summed E-state index contributed by atoms with van der Waals surface area (Å²) in [6.07, 6.45) is 3.68. The van der Waals surface area contributed by atoms with Gasteiger partial charge in [0.25, 0.3) is 0 Å². The third-order valence-corrected chi connectivity index (χ3v) is 5.01. The normalized spacial score (nSPS) is 15.4. The first kappa shape index (κ1) is 22.4. The number of halogens is 1. The van der Waals surface area contributed by atoms with Gasteiger partial charge in [-0.25, -0.2) is 4.98 Å². The zero-order valence-electron chi connectivity index (χ0n) is 16.9. The van der Waals surface area contributed by atoms with E-state index in [0.29, 0.717) is 18.4 Å². The van der Waals surface area contributed by atoms with Crippen LogP contribution in [0.2, 0.25) is 0 Å². The summed E-state index contributed by atoms with van der Waals surface area (Å²) in [5, 5.41) is 10.4. The lowest BCUT2D eigenvalue weighted by molar-refractivity contribution is 0.289.